The first-order valence-corrected chi connectivity index (χ1v) is 7.16. The molecule has 3 N–H and O–H groups in total. The van der Waals surface area contributed by atoms with Crippen molar-refractivity contribution in [2.45, 2.75) is 37.8 Å². The number of para-hydroxylation sites is 1. The van der Waals surface area contributed by atoms with E-state index in [4.69, 9.17) is 0 Å². The molecule has 2 aliphatic rings. The van der Waals surface area contributed by atoms with Crippen molar-refractivity contribution in [3.8, 4) is 0 Å². The fourth-order valence-corrected chi connectivity index (χ4v) is 2.82. The van der Waals surface area contributed by atoms with E-state index in [1.54, 1.807) is 0 Å². The van der Waals surface area contributed by atoms with Crippen molar-refractivity contribution in [2.75, 3.05) is 11.9 Å². The van der Waals surface area contributed by atoms with Crippen molar-refractivity contribution in [3.05, 3.63) is 29.8 Å². The van der Waals surface area contributed by atoms with E-state index in [1.807, 2.05) is 18.2 Å². The zero-order valence-electron chi connectivity index (χ0n) is 11.3. The summed E-state index contributed by atoms with van der Waals surface area (Å²) in [7, 11) is 0. The van der Waals surface area contributed by atoms with Gasteiger partial charge in [-0.1, -0.05) is 18.2 Å². The Morgan fingerprint density at radius 1 is 1.25 bits per heavy atom. The van der Waals surface area contributed by atoms with Crippen LogP contribution in [0.15, 0.2) is 24.3 Å². The molecular formula is C15H19N3O2. The molecule has 20 heavy (non-hydrogen) atoms. The van der Waals surface area contributed by atoms with Crippen LogP contribution in [0, 0.1) is 0 Å². The molecule has 0 spiro atoms. The van der Waals surface area contributed by atoms with Crippen LogP contribution in [-0.4, -0.2) is 30.4 Å². The Morgan fingerprint density at radius 3 is 2.95 bits per heavy atom. The van der Waals surface area contributed by atoms with Gasteiger partial charge in [0.25, 0.3) is 0 Å². The maximum atomic E-state index is 12.3. The molecule has 2 atom stereocenters. The van der Waals surface area contributed by atoms with E-state index in [0.717, 1.165) is 31.4 Å². The van der Waals surface area contributed by atoms with Crippen molar-refractivity contribution in [2.24, 2.45) is 0 Å². The monoisotopic (exact) mass is 273 g/mol. The quantitative estimate of drug-likeness (QED) is 0.747. The van der Waals surface area contributed by atoms with E-state index in [0.29, 0.717) is 6.54 Å². The maximum absolute atomic E-state index is 12.3. The van der Waals surface area contributed by atoms with Crippen molar-refractivity contribution in [1.82, 2.24) is 10.6 Å². The Morgan fingerprint density at radius 2 is 2.10 bits per heavy atom. The van der Waals surface area contributed by atoms with Crippen LogP contribution in [0.25, 0.3) is 0 Å². The van der Waals surface area contributed by atoms with Gasteiger partial charge in [-0.25, -0.2) is 0 Å². The Balaban J connectivity index is 1.63. The van der Waals surface area contributed by atoms with Gasteiger partial charge in [0.15, 0.2) is 0 Å². The summed E-state index contributed by atoms with van der Waals surface area (Å²) in [5.74, 6) is -0.151. The van der Waals surface area contributed by atoms with Crippen molar-refractivity contribution in [3.63, 3.8) is 0 Å². The summed E-state index contributed by atoms with van der Waals surface area (Å²) in [5, 5.41) is 8.90. The summed E-state index contributed by atoms with van der Waals surface area (Å²) in [5.41, 5.74) is 2.26. The van der Waals surface area contributed by atoms with Gasteiger partial charge in [-0.3, -0.25) is 9.59 Å². The van der Waals surface area contributed by atoms with Crippen LogP contribution in [0.5, 0.6) is 0 Å². The first-order valence-electron chi connectivity index (χ1n) is 7.16. The SMILES string of the molecule is O=C1NCCCC1NC(=O)C1CCc2ccccc2N1. The fraction of sp³-hybridized carbons (Fsp3) is 0.467. The van der Waals surface area contributed by atoms with Crippen molar-refractivity contribution in [1.29, 1.82) is 0 Å². The minimum Gasteiger partial charge on any atom is -0.373 e. The number of carbonyl (C=O) groups excluding carboxylic acids is 2. The number of hydrogen-bond donors (Lipinski definition) is 3. The summed E-state index contributed by atoms with van der Waals surface area (Å²) in [6, 6.07) is 7.40. The first-order chi connectivity index (χ1) is 9.74. The van der Waals surface area contributed by atoms with E-state index in [9.17, 15) is 9.59 Å². The molecule has 106 valence electrons. The van der Waals surface area contributed by atoms with E-state index >= 15 is 0 Å². The smallest absolute Gasteiger partial charge is 0.243 e. The molecule has 0 aromatic heterocycles. The van der Waals surface area contributed by atoms with Gasteiger partial charge < -0.3 is 16.0 Å². The second kappa shape index (κ2) is 5.53. The van der Waals surface area contributed by atoms with Crippen LogP contribution >= 0.6 is 0 Å². The fourth-order valence-electron chi connectivity index (χ4n) is 2.82. The molecule has 2 unspecified atom stereocenters. The lowest BCUT2D eigenvalue weighted by Gasteiger charge is -2.29. The second-order valence-electron chi connectivity index (χ2n) is 5.39. The third kappa shape index (κ3) is 2.61. The van der Waals surface area contributed by atoms with Gasteiger partial charge in [-0.15, -0.1) is 0 Å². The molecule has 1 aromatic carbocycles. The number of hydrogen-bond acceptors (Lipinski definition) is 3. The van der Waals surface area contributed by atoms with E-state index in [-0.39, 0.29) is 23.9 Å². The van der Waals surface area contributed by atoms with Crippen LogP contribution in [0.4, 0.5) is 5.69 Å². The van der Waals surface area contributed by atoms with Gasteiger partial charge in [0.05, 0.1) is 0 Å². The number of nitrogens with one attached hydrogen (secondary N) is 3. The van der Waals surface area contributed by atoms with E-state index < -0.39 is 0 Å². The molecule has 1 aromatic rings. The number of piperidine rings is 1. The summed E-state index contributed by atoms with van der Waals surface area (Å²) in [6.45, 7) is 0.709. The average molecular weight is 273 g/mol. The summed E-state index contributed by atoms with van der Waals surface area (Å²) < 4.78 is 0. The van der Waals surface area contributed by atoms with Crippen LogP contribution in [0.1, 0.15) is 24.8 Å². The molecule has 0 bridgehead atoms. The molecule has 1 saturated heterocycles. The highest BCUT2D eigenvalue weighted by atomic mass is 16.2. The van der Waals surface area contributed by atoms with Gasteiger partial charge >= 0.3 is 0 Å². The van der Waals surface area contributed by atoms with Gasteiger partial charge in [-0.2, -0.15) is 0 Å². The Kier molecular flexibility index (Phi) is 3.58. The average Bonchev–Trinajstić information content (AvgIpc) is 2.49. The molecule has 3 rings (SSSR count). The van der Waals surface area contributed by atoms with Crippen LogP contribution < -0.4 is 16.0 Å². The lowest BCUT2D eigenvalue weighted by atomic mass is 9.97. The number of carbonyl (C=O) groups is 2. The van der Waals surface area contributed by atoms with Gasteiger partial charge in [0.2, 0.25) is 11.8 Å². The molecule has 2 amide bonds. The molecule has 0 aliphatic carbocycles. The lowest BCUT2D eigenvalue weighted by molar-refractivity contribution is -0.130. The summed E-state index contributed by atoms with van der Waals surface area (Å²) >= 11 is 0. The Bertz CT molecular complexity index is 530. The number of aryl methyl sites for hydroxylation is 1. The number of anilines is 1. The normalized spacial score (nSPS) is 25.1. The van der Waals surface area contributed by atoms with E-state index in [1.165, 1.54) is 5.56 Å². The van der Waals surface area contributed by atoms with Gasteiger partial charge in [0.1, 0.15) is 12.1 Å². The van der Waals surface area contributed by atoms with Crippen LogP contribution in [0.2, 0.25) is 0 Å². The molecular weight excluding hydrogens is 254 g/mol. The molecule has 1 fully saturated rings. The van der Waals surface area contributed by atoms with Gasteiger partial charge in [-0.05, 0) is 37.3 Å². The van der Waals surface area contributed by atoms with Gasteiger partial charge in [0, 0.05) is 12.2 Å². The topological polar surface area (TPSA) is 70.2 Å². The highest BCUT2D eigenvalue weighted by Gasteiger charge is 2.29. The number of fused-ring (bicyclic) bond motifs is 1. The molecule has 5 heteroatoms. The Labute approximate surface area is 118 Å². The van der Waals surface area contributed by atoms with Crippen LogP contribution in [0.3, 0.4) is 0 Å². The minimum absolute atomic E-state index is 0.0687. The molecule has 5 nitrogen and oxygen atoms in total. The summed E-state index contributed by atoms with van der Waals surface area (Å²) in [4.78, 5) is 23.9. The minimum atomic E-state index is -0.379. The highest BCUT2D eigenvalue weighted by Crippen LogP contribution is 2.24. The van der Waals surface area contributed by atoms with Crippen molar-refractivity contribution < 1.29 is 9.59 Å². The zero-order valence-corrected chi connectivity index (χ0v) is 11.3. The van der Waals surface area contributed by atoms with Crippen LogP contribution in [-0.2, 0) is 16.0 Å². The third-order valence-corrected chi connectivity index (χ3v) is 3.97. The Hall–Kier alpha value is -2.04. The maximum Gasteiger partial charge on any atom is 0.243 e. The molecule has 0 saturated carbocycles. The molecule has 2 heterocycles. The third-order valence-electron chi connectivity index (χ3n) is 3.97. The number of benzene rings is 1. The van der Waals surface area contributed by atoms with E-state index in [2.05, 4.69) is 22.0 Å². The predicted molar refractivity (Wildman–Crippen MR) is 76.3 cm³/mol. The summed E-state index contributed by atoms with van der Waals surface area (Å²) in [6.07, 6.45) is 3.29. The number of rotatable bonds is 2. The van der Waals surface area contributed by atoms with Crippen molar-refractivity contribution >= 4 is 17.5 Å². The lowest BCUT2D eigenvalue weighted by Crippen LogP contribution is -2.54. The predicted octanol–water partition coefficient (Wildman–Crippen LogP) is 0.808. The largest absolute Gasteiger partial charge is 0.373 e. The second-order valence-corrected chi connectivity index (χ2v) is 5.39. The zero-order chi connectivity index (χ0) is 13.9. The standard InChI is InChI=1S/C15H19N3O2/c19-14-12(6-3-9-16-14)18-15(20)13-8-7-10-4-1-2-5-11(10)17-13/h1-2,4-5,12-13,17H,3,6-9H2,(H,16,19)(H,18,20). The molecule has 2 aliphatic heterocycles. The highest BCUT2D eigenvalue weighted by molar-refractivity contribution is 5.91. The first kappa shape index (κ1) is 13.0. The molecule has 0 radical (unpaired) electrons. The number of amides is 2.